The van der Waals surface area contributed by atoms with Gasteiger partial charge in [-0.3, -0.25) is 9.59 Å². The number of nitriles is 1. The van der Waals surface area contributed by atoms with Gasteiger partial charge in [0.15, 0.2) is 0 Å². The molecule has 0 N–H and O–H groups in total. The van der Waals surface area contributed by atoms with E-state index in [4.69, 9.17) is 11.6 Å². The lowest BCUT2D eigenvalue weighted by Crippen LogP contribution is -2.52. The number of hydrogen-bond donors (Lipinski definition) is 0. The van der Waals surface area contributed by atoms with E-state index in [1.54, 1.807) is 18.2 Å². The smallest absolute Gasteiger partial charge is 0.240 e. The molecule has 7 rings (SSSR count). The number of amides is 2. The second-order valence-corrected chi connectivity index (χ2v) is 8.93. The maximum Gasteiger partial charge on any atom is 0.240 e. The lowest BCUT2D eigenvalue weighted by Gasteiger charge is -2.50. The van der Waals surface area contributed by atoms with Crippen LogP contribution in [0.3, 0.4) is 0 Å². The van der Waals surface area contributed by atoms with Crippen molar-refractivity contribution in [3.05, 3.63) is 99.6 Å². The average Bonchev–Trinajstić information content (AvgIpc) is 3.07. The highest BCUT2D eigenvalue weighted by molar-refractivity contribution is 6.32. The molecule has 1 fully saturated rings. The zero-order valence-corrected chi connectivity index (χ0v) is 17.4. The van der Waals surface area contributed by atoms with Crippen molar-refractivity contribution >= 4 is 29.1 Å². The van der Waals surface area contributed by atoms with Crippen LogP contribution in [0.4, 0.5) is 5.69 Å². The fraction of sp³-hybridized carbons (Fsp3) is 0.192. The van der Waals surface area contributed by atoms with E-state index in [2.05, 4.69) is 6.07 Å². The van der Waals surface area contributed by atoms with Gasteiger partial charge in [0.2, 0.25) is 11.8 Å². The van der Waals surface area contributed by atoms with E-state index in [-0.39, 0.29) is 17.7 Å². The molecule has 150 valence electrons. The maximum absolute atomic E-state index is 13.8. The molecule has 4 nitrogen and oxygen atoms in total. The Kier molecular flexibility index (Phi) is 3.59. The van der Waals surface area contributed by atoms with Crippen LogP contribution in [-0.2, 0) is 15.0 Å². The van der Waals surface area contributed by atoms with Crippen LogP contribution in [0.1, 0.15) is 33.7 Å². The molecule has 3 aromatic carbocycles. The normalized spacial score (nSPS) is 27.5. The van der Waals surface area contributed by atoms with Crippen LogP contribution in [0.2, 0.25) is 5.02 Å². The summed E-state index contributed by atoms with van der Waals surface area (Å²) in [5.41, 5.74) is 3.75. The standard InChI is InChI=1S/C26H17ClN2O2/c1-14-10-11-15(12-20(14)27)29-24(30)22-21-16-6-2-4-8-18(16)26(13-28,23(22)25(29)31)19-9-5-3-7-17(19)21/h2-12,21-23H,1H3/t21?,22-,23-,26?/m1/s1. The summed E-state index contributed by atoms with van der Waals surface area (Å²) in [4.78, 5) is 28.8. The van der Waals surface area contributed by atoms with Crippen molar-refractivity contribution in [2.45, 2.75) is 18.3 Å². The molecular formula is C26H17ClN2O2. The van der Waals surface area contributed by atoms with Gasteiger partial charge < -0.3 is 0 Å². The van der Waals surface area contributed by atoms with Crippen LogP contribution in [0.15, 0.2) is 66.7 Å². The third-order valence-electron chi connectivity index (χ3n) is 7.21. The summed E-state index contributed by atoms with van der Waals surface area (Å²) < 4.78 is 0. The summed E-state index contributed by atoms with van der Waals surface area (Å²) in [5, 5.41) is 11.1. The molecule has 0 spiro atoms. The Morgan fingerprint density at radius 1 is 0.935 bits per heavy atom. The number of aryl methyl sites for hydroxylation is 1. The van der Waals surface area contributed by atoms with Gasteiger partial charge in [-0.1, -0.05) is 66.2 Å². The Bertz CT molecular complexity index is 1310. The number of hydrogen-bond acceptors (Lipinski definition) is 3. The molecule has 2 amide bonds. The molecule has 5 heteroatoms. The lowest BCUT2D eigenvalue weighted by molar-refractivity contribution is -0.122. The monoisotopic (exact) mass is 424 g/mol. The highest BCUT2D eigenvalue weighted by Crippen LogP contribution is 2.64. The number of benzene rings is 3. The summed E-state index contributed by atoms with van der Waals surface area (Å²) in [6.07, 6.45) is 0. The first-order valence-electron chi connectivity index (χ1n) is 10.2. The largest absolute Gasteiger partial charge is 0.274 e. The molecule has 1 saturated heterocycles. The third kappa shape index (κ3) is 2.05. The predicted molar refractivity (Wildman–Crippen MR) is 117 cm³/mol. The summed E-state index contributed by atoms with van der Waals surface area (Å²) in [7, 11) is 0. The van der Waals surface area contributed by atoms with Crippen molar-refractivity contribution < 1.29 is 9.59 Å². The fourth-order valence-corrected chi connectivity index (χ4v) is 6.11. The maximum atomic E-state index is 13.8. The van der Waals surface area contributed by atoms with Crippen LogP contribution < -0.4 is 4.90 Å². The van der Waals surface area contributed by atoms with Gasteiger partial charge in [-0.2, -0.15) is 5.26 Å². The van der Waals surface area contributed by atoms with Crippen molar-refractivity contribution in [3.8, 4) is 6.07 Å². The highest BCUT2D eigenvalue weighted by atomic mass is 35.5. The molecule has 3 aliphatic carbocycles. The molecule has 1 aliphatic heterocycles. The van der Waals surface area contributed by atoms with Gasteiger partial charge in [-0.25, -0.2) is 4.90 Å². The molecule has 2 atom stereocenters. The van der Waals surface area contributed by atoms with E-state index < -0.39 is 17.3 Å². The molecule has 31 heavy (non-hydrogen) atoms. The number of carbonyl (C=O) groups excluding carboxylic acids is 2. The molecule has 0 saturated carbocycles. The first kappa shape index (κ1) is 18.4. The third-order valence-corrected chi connectivity index (χ3v) is 7.62. The second kappa shape index (κ2) is 6.06. The average molecular weight is 425 g/mol. The van der Waals surface area contributed by atoms with Crippen molar-refractivity contribution in [1.29, 1.82) is 5.26 Å². The summed E-state index contributed by atoms with van der Waals surface area (Å²) in [6, 6.07) is 23.2. The fourth-order valence-electron chi connectivity index (χ4n) is 5.94. The Labute approximate surface area is 184 Å². The Morgan fingerprint density at radius 3 is 2.13 bits per heavy atom. The highest BCUT2D eigenvalue weighted by Gasteiger charge is 2.68. The number of carbonyl (C=O) groups is 2. The van der Waals surface area contributed by atoms with Crippen molar-refractivity contribution in [2.24, 2.45) is 11.8 Å². The number of imide groups is 1. The van der Waals surface area contributed by atoms with Crippen LogP contribution in [0, 0.1) is 30.1 Å². The topological polar surface area (TPSA) is 61.2 Å². The first-order valence-corrected chi connectivity index (χ1v) is 10.6. The van der Waals surface area contributed by atoms with E-state index in [1.165, 1.54) is 4.90 Å². The minimum absolute atomic E-state index is 0.255. The van der Waals surface area contributed by atoms with Gasteiger partial charge in [-0.15, -0.1) is 0 Å². The van der Waals surface area contributed by atoms with Gasteiger partial charge in [0.25, 0.3) is 0 Å². The van der Waals surface area contributed by atoms with Gasteiger partial charge in [0.1, 0.15) is 5.41 Å². The zero-order valence-electron chi connectivity index (χ0n) is 16.7. The van der Waals surface area contributed by atoms with E-state index in [0.29, 0.717) is 10.7 Å². The Morgan fingerprint density at radius 2 is 1.55 bits per heavy atom. The van der Waals surface area contributed by atoms with Crippen molar-refractivity contribution in [3.63, 3.8) is 0 Å². The molecule has 4 aliphatic rings. The number of halogens is 1. The summed E-state index contributed by atoms with van der Waals surface area (Å²) in [5.74, 6) is -2.22. The molecule has 0 unspecified atom stereocenters. The van der Waals surface area contributed by atoms with E-state index in [1.807, 2.05) is 55.5 Å². The van der Waals surface area contributed by atoms with E-state index in [9.17, 15) is 14.9 Å². The number of rotatable bonds is 1. The quantitative estimate of drug-likeness (QED) is 0.531. The SMILES string of the molecule is Cc1ccc(N2C(=O)[C@@H]3C4c5ccccc5C(C#N)(c5ccccc54)[C@H]3C2=O)cc1Cl. The van der Waals surface area contributed by atoms with Gasteiger partial charge in [-0.05, 0) is 46.9 Å². The first-order chi connectivity index (χ1) is 15.0. The number of nitrogens with zero attached hydrogens (tertiary/aromatic N) is 2. The Balaban J connectivity index is 1.64. The van der Waals surface area contributed by atoms with Crippen molar-refractivity contribution in [1.82, 2.24) is 0 Å². The predicted octanol–water partition coefficient (Wildman–Crippen LogP) is 4.72. The summed E-state index contributed by atoms with van der Waals surface area (Å²) >= 11 is 6.31. The van der Waals surface area contributed by atoms with Crippen LogP contribution >= 0.6 is 11.6 Å². The minimum atomic E-state index is -1.19. The van der Waals surface area contributed by atoms with E-state index >= 15 is 0 Å². The lowest BCUT2D eigenvalue weighted by atomic mass is 9.48. The second-order valence-electron chi connectivity index (χ2n) is 8.52. The molecule has 0 radical (unpaired) electrons. The molecule has 0 aromatic heterocycles. The van der Waals surface area contributed by atoms with Gasteiger partial charge in [0, 0.05) is 10.9 Å². The van der Waals surface area contributed by atoms with E-state index in [0.717, 1.165) is 27.8 Å². The van der Waals surface area contributed by atoms with Crippen LogP contribution in [0.25, 0.3) is 0 Å². The molecule has 1 heterocycles. The van der Waals surface area contributed by atoms with Gasteiger partial charge in [0.05, 0.1) is 23.6 Å². The minimum Gasteiger partial charge on any atom is -0.274 e. The van der Waals surface area contributed by atoms with Crippen LogP contribution in [-0.4, -0.2) is 11.8 Å². The molecule has 3 aromatic rings. The van der Waals surface area contributed by atoms with Crippen LogP contribution in [0.5, 0.6) is 0 Å². The summed E-state index contributed by atoms with van der Waals surface area (Å²) in [6.45, 7) is 1.87. The van der Waals surface area contributed by atoms with Crippen molar-refractivity contribution in [2.75, 3.05) is 4.90 Å². The molecule has 2 bridgehead atoms. The zero-order chi connectivity index (χ0) is 21.5. The van der Waals surface area contributed by atoms with Gasteiger partial charge >= 0.3 is 0 Å². The Hall–Kier alpha value is -3.42. The molecular weight excluding hydrogens is 408 g/mol. The number of anilines is 1.